The molecule has 2 aromatic rings. The Kier molecular flexibility index (Phi) is 4.87. The number of hydrogen-bond donors (Lipinski definition) is 0. The van der Waals surface area contributed by atoms with Crippen molar-refractivity contribution in [3.05, 3.63) is 64.7 Å². The maximum absolute atomic E-state index is 12.3. The van der Waals surface area contributed by atoms with Crippen LogP contribution in [-0.4, -0.2) is 24.0 Å². The minimum absolute atomic E-state index is 0.220. The molecule has 1 saturated heterocycles. The first kappa shape index (κ1) is 15.9. The van der Waals surface area contributed by atoms with Crippen LogP contribution >= 0.6 is 11.6 Å². The van der Waals surface area contributed by atoms with Gasteiger partial charge in [0.2, 0.25) is 5.91 Å². The number of ether oxygens (including phenoxy) is 1. The summed E-state index contributed by atoms with van der Waals surface area (Å²) in [7, 11) is 1.67. The lowest BCUT2D eigenvalue weighted by molar-refractivity contribution is -0.129. The molecule has 1 fully saturated rings. The van der Waals surface area contributed by atoms with Crippen LogP contribution in [0.2, 0.25) is 5.02 Å². The van der Waals surface area contributed by atoms with Crippen molar-refractivity contribution in [3.63, 3.8) is 0 Å². The number of likely N-dealkylation sites (tertiary alicyclic amines) is 1. The van der Waals surface area contributed by atoms with Gasteiger partial charge in [-0.15, -0.1) is 0 Å². The largest absolute Gasteiger partial charge is 0.497 e. The molecule has 23 heavy (non-hydrogen) atoms. The van der Waals surface area contributed by atoms with Gasteiger partial charge in [0, 0.05) is 24.0 Å². The Morgan fingerprint density at radius 1 is 1.17 bits per heavy atom. The third-order valence-electron chi connectivity index (χ3n) is 4.30. The lowest BCUT2D eigenvalue weighted by atomic mass is 10.0. The van der Waals surface area contributed by atoms with Gasteiger partial charge in [0.25, 0.3) is 0 Å². The summed E-state index contributed by atoms with van der Waals surface area (Å²) in [6.45, 7) is 0.619. The predicted molar refractivity (Wildman–Crippen MR) is 91.7 cm³/mol. The average molecular weight is 330 g/mol. The van der Waals surface area contributed by atoms with Gasteiger partial charge < -0.3 is 9.64 Å². The van der Waals surface area contributed by atoms with Gasteiger partial charge in [0.15, 0.2) is 0 Å². The fraction of sp³-hybridized carbons (Fsp3) is 0.316. The third kappa shape index (κ3) is 3.85. The summed E-state index contributed by atoms with van der Waals surface area (Å²) in [5, 5.41) is 0.707. The topological polar surface area (TPSA) is 29.5 Å². The molecule has 0 saturated carbocycles. The Morgan fingerprint density at radius 2 is 1.96 bits per heavy atom. The van der Waals surface area contributed by atoms with E-state index in [4.69, 9.17) is 16.3 Å². The van der Waals surface area contributed by atoms with Crippen molar-refractivity contribution >= 4 is 17.5 Å². The number of amides is 1. The van der Waals surface area contributed by atoms with E-state index in [0.717, 1.165) is 24.2 Å². The van der Waals surface area contributed by atoms with Gasteiger partial charge in [0.05, 0.1) is 7.11 Å². The zero-order valence-corrected chi connectivity index (χ0v) is 13.9. The van der Waals surface area contributed by atoms with Crippen LogP contribution in [0.25, 0.3) is 0 Å². The van der Waals surface area contributed by atoms with Crippen LogP contribution in [-0.2, 0) is 17.8 Å². The van der Waals surface area contributed by atoms with E-state index in [1.54, 1.807) is 7.11 Å². The van der Waals surface area contributed by atoms with E-state index in [-0.39, 0.29) is 11.9 Å². The van der Waals surface area contributed by atoms with Crippen molar-refractivity contribution < 1.29 is 9.53 Å². The molecule has 1 atom stereocenters. The number of rotatable bonds is 5. The molecule has 3 rings (SSSR count). The van der Waals surface area contributed by atoms with Gasteiger partial charge in [-0.1, -0.05) is 35.9 Å². The molecule has 0 bridgehead atoms. The molecular weight excluding hydrogens is 310 g/mol. The fourth-order valence-corrected chi connectivity index (χ4v) is 3.34. The summed E-state index contributed by atoms with van der Waals surface area (Å²) in [6, 6.07) is 16.0. The van der Waals surface area contributed by atoms with Crippen LogP contribution in [0.5, 0.6) is 5.75 Å². The minimum Gasteiger partial charge on any atom is -0.497 e. The van der Waals surface area contributed by atoms with Gasteiger partial charge in [0.1, 0.15) is 5.75 Å². The first-order valence-electron chi connectivity index (χ1n) is 7.82. The Labute approximate surface area is 141 Å². The minimum atomic E-state index is 0.220. The van der Waals surface area contributed by atoms with Gasteiger partial charge in [-0.05, 0) is 48.2 Å². The Morgan fingerprint density at radius 3 is 2.74 bits per heavy atom. The number of halogens is 1. The van der Waals surface area contributed by atoms with E-state index in [9.17, 15) is 4.79 Å². The normalized spacial score (nSPS) is 17.6. The van der Waals surface area contributed by atoms with Crippen molar-refractivity contribution in [2.45, 2.75) is 31.8 Å². The number of nitrogens with zero attached hydrogens (tertiary/aromatic N) is 1. The highest BCUT2D eigenvalue weighted by molar-refractivity contribution is 6.30. The number of carbonyl (C=O) groups is 1. The van der Waals surface area contributed by atoms with Crippen LogP contribution < -0.4 is 4.74 Å². The van der Waals surface area contributed by atoms with Crippen molar-refractivity contribution in [1.29, 1.82) is 0 Å². The van der Waals surface area contributed by atoms with E-state index in [1.165, 1.54) is 5.56 Å². The Bertz CT molecular complexity index is 701. The molecule has 0 spiro atoms. The Balaban J connectivity index is 1.74. The summed E-state index contributed by atoms with van der Waals surface area (Å²) >= 11 is 6.05. The van der Waals surface area contributed by atoms with Crippen LogP contribution in [0.15, 0.2) is 48.5 Å². The molecule has 1 aliphatic heterocycles. The van der Waals surface area contributed by atoms with Crippen molar-refractivity contribution in [1.82, 2.24) is 4.90 Å². The summed E-state index contributed by atoms with van der Waals surface area (Å²) in [5.41, 5.74) is 2.27. The molecule has 0 radical (unpaired) electrons. The number of methoxy groups -OCH3 is 1. The Hall–Kier alpha value is -2.00. The average Bonchev–Trinajstić information content (AvgIpc) is 2.88. The molecule has 2 aromatic carbocycles. The van der Waals surface area contributed by atoms with Crippen molar-refractivity contribution in [2.75, 3.05) is 7.11 Å². The lowest BCUT2D eigenvalue weighted by Crippen LogP contribution is -2.33. The molecule has 3 nitrogen and oxygen atoms in total. The number of hydrogen-bond acceptors (Lipinski definition) is 2. The standard InChI is InChI=1S/C19H20ClNO2/c1-23-18-7-3-4-14(12-18)11-17-8-9-19(22)21(17)13-15-5-2-6-16(20)10-15/h2-7,10,12,17H,8-9,11,13H2,1H3/t17-/m0/s1. The highest BCUT2D eigenvalue weighted by Gasteiger charge is 2.30. The van der Waals surface area contributed by atoms with E-state index in [0.29, 0.717) is 18.0 Å². The van der Waals surface area contributed by atoms with Crippen LogP contribution in [0, 0.1) is 0 Å². The summed E-state index contributed by atoms with van der Waals surface area (Å²) in [4.78, 5) is 14.2. The van der Waals surface area contributed by atoms with E-state index in [2.05, 4.69) is 6.07 Å². The van der Waals surface area contributed by atoms with Gasteiger partial charge >= 0.3 is 0 Å². The third-order valence-corrected chi connectivity index (χ3v) is 4.54. The number of benzene rings is 2. The fourth-order valence-electron chi connectivity index (χ4n) is 3.13. The van der Waals surface area contributed by atoms with E-state index in [1.807, 2.05) is 47.4 Å². The second-order valence-electron chi connectivity index (χ2n) is 5.90. The van der Waals surface area contributed by atoms with Crippen LogP contribution in [0.1, 0.15) is 24.0 Å². The van der Waals surface area contributed by atoms with Crippen molar-refractivity contribution in [2.24, 2.45) is 0 Å². The second kappa shape index (κ2) is 7.05. The molecule has 4 heteroatoms. The highest BCUT2D eigenvalue weighted by Crippen LogP contribution is 2.26. The van der Waals surface area contributed by atoms with Gasteiger partial charge in [-0.3, -0.25) is 4.79 Å². The molecule has 120 valence electrons. The zero-order valence-electron chi connectivity index (χ0n) is 13.2. The molecule has 0 N–H and O–H groups in total. The molecule has 0 aliphatic carbocycles. The van der Waals surface area contributed by atoms with Crippen LogP contribution in [0.4, 0.5) is 0 Å². The zero-order chi connectivity index (χ0) is 16.2. The van der Waals surface area contributed by atoms with Crippen molar-refractivity contribution in [3.8, 4) is 5.75 Å². The first-order valence-corrected chi connectivity index (χ1v) is 8.20. The number of carbonyl (C=O) groups excluding carboxylic acids is 1. The molecule has 1 amide bonds. The molecular formula is C19H20ClNO2. The van der Waals surface area contributed by atoms with Gasteiger partial charge in [-0.25, -0.2) is 0 Å². The molecule has 0 aromatic heterocycles. The van der Waals surface area contributed by atoms with Crippen LogP contribution in [0.3, 0.4) is 0 Å². The second-order valence-corrected chi connectivity index (χ2v) is 6.34. The quantitative estimate of drug-likeness (QED) is 0.827. The first-order chi connectivity index (χ1) is 11.2. The lowest BCUT2D eigenvalue weighted by Gasteiger charge is -2.25. The summed E-state index contributed by atoms with van der Waals surface area (Å²) in [6.07, 6.45) is 2.37. The van der Waals surface area contributed by atoms with E-state index < -0.39 is 0 Å². The molecule has 1 aliphatic rings. The highest BCUT2D eigenvalue weighted by atomic mass is 35.5. The monoisotopic (exact) mass is 329 g/mol. The predicted octanol–water partition coefficient (Wildman–Crippen LogP) is 4.08. The maximum Gasteiger partial charge on any atom is 0.223 e. The molecule has 0 unspecified atom stereocenters. The summed E-state index contributed by atoms with van der Waals surface area (Å²) in [5.74, 6) is 1.08. The smallest absolute Gasteiger partial charge is 0.223 e. The summed E-state index contributed by atoms with van der Waals surface area (Å²) < 4.78 is 5.28. The SMILES string of the molecule is COc1cccc(C[C@@H]2CCC(=O)N2Cc2cccc(Cl)c2)c1. The van der Waals surface area contributed by atoms with E-state index >= 15 is 0 Å². The molecule has 1 heterocycles. The van der Waals surface area contributed by atoms with Gasteiger partial charge in [-0.2, -0.15) is 0 Å². The maximum atomic E-state index is 12.3.